The molecule has 0 bridgehead atoms. The van der Waals surface area contributed by atoms with Gasteiger partial charge in [0.25, 0.3) is 5.91 Å². The first-order valence-electron chi connectivity index (χ1n) is 11.2. The monoisotopic (exact) mass is 464 g/mol. The van der Waals surface area contributed by atoms with E-state index in [1.54, 1.807) is 19.2 Å². The van der Waals surface area contributed by atoms with Crippen molar-refractivity contribution in [2.45, 2.75) is 44.9 Å². The number of anilines is 1. The lowest BCUT2D eigenvalue weighted by molar-refractivity contribution is -0.120. The summed E-state index contributed by atoms with van der Waals surface area (Å²) in [4.78, 5) is 37.2. The predicted molar refractivity (Wildman–Crippen MR) is 133 cm³/mol. The Morgan fingerprint density at radius 3 is 2.52 bits per heavy atom. The van der Waals surface area contributed by atoms with Crippen molar-refractivity contribution in [1.29, 1.82) is 0 Å². The molecule has 2 amide bonds. The molecule has 3 atom stereocenters. The lowest BCUT2D eigenvalue weighted by Gasteiger charge is -2.34. The van der Waals surface area contributed by atoms with Crippen LogP contribution in [0, 0.1) is 5.92 Å². The standard InChI is InChI=1S/C25H28N4O3S/c1-5-15(3)21-24(31)28-22-18-9-7-8-10-19(18)27-25(29(21)22)33-20(6-2)23(30)26-16-11-13-17(32-4)14-12-16/h7-15,20-21H,5-6H2,1-4H3,(H,26,30). The molecule has 172 valence electrons. The molecule has 0 saturated carbocycles. The van der Waals surface area contributed by atoms with Crippen molar-refractivity contribution in [2.75, 3.05) is 12.4 Å². The molecule has 0 aliphatic carbocycles. The number of thioether (sulfide) groups is 1. The zero-order valence-corrected chi connectivity index (χ0v) is 20.1. The van der Waals surface area contributed by atoms with Gasteiger partial charge in [0.05, 0.1) is 18.0 Å². The molecule has 0 saturated heterocycles. The third kappa shape index (κ3) is 4.53. The number of nitrogens with one attached hydrogen (secondary N) is 1. The summed E-state index contributed by atoms with van der Waals surface area (Å²) >= 11 is 1.38. The lowest BCUT2D eigenvalue weighted by atomic mass is 9.97. The van der Waals surface area contributed by atoms with Crippen molar-refractivity contribution in [3.05, 3.63) is 54.1 Å². The molecule has 8 heteroatoms. The molecule has 0 aromatic heterocycles. The van der Waals surface area contributed by atoms with E-state index < -0.39 is 6.04 Å². The number of para-hydroxylation sites is 1. The molecule has 0 spiro atoms. The molecule has 2 aromatic rings. The van der Waals surface area contributed by atoms with Crippen LogP contribution in [0.15, 0.2) is 58.5 Å². The molecule has 3 unspecified atom stereocenters. The largest absolute Gasteiger partial charge is 0.497 e. The Morgan fingerprint density at radius 1 is 1.12 bits per heavy atom. The Bertz CT molecular complexity index is 1110. The van der Waals surface area contributed by atoms with Crippen molar-refractivity contribution in [3.8, 4) is 5.75 Å². The summed E-state index contributed by atoms with van der Waals surface area (Å²) in [5.74, 6) is 1.19. The van der Waals surface area contributed by atoms with Crippen LogP contribution in [-0.4, -0.2) is 46.1 Å². The molecule has 0 fully saturated rings. The molecule has 1 N–H and O–H groups in total. The summed E-state index contributed by atoms with van der Waals surface area (Å²) < 4.78 is 5.18. The van der Waals surface area contributed by atoms with E-state index in [1.807, 2.05) is 48.2 Å². The van der Waals surface area contributed by atoms with Crippen LogP contribution in [0.4, 0.5) is 11.4 Å². The summed E-state index contributed by atoms with van der Waals surface area (Å²) in [5, 5.41) is 3.24. The van der Waals surface area contributed by atoms with Gasteiger partial charge in [0.1, 0.15) is 17.6 Å². The Kier molecular flexibility index (Phi) is 6.83. The summed E-state index contributed by atoms with van der Waals surface area (Å²) in [7, 11) is 1.60. The second kappa shape index (κ2) is 9.79. The molecular weight excluding hydrogens is 436 g/mol. The van der Waals surface area contributed by atoms with Crippen LogP contribution in [0.5, 0.6) is 5.75 Å². The van der Waals surface area contributed by atoms with Crippen molar-refractivity contribution >= 4 is 46.0 Å². The number of methoxy groups -OCH3 is 1. The Labute approximate surface area is 198 Å². The van der Waals surface area contributed by atoms with Gasteiger partial charge in [0.15, 0.2) is 5.17 Å². The number of carbonyl (C=O) groups is 2. The molecule has 0 radical (unpaired) electrons. The SMILES string of the molecule is CCC(SC1=Nc2ccccc2C2=NC(=O)C(C(C)CC)N12)C(=O)Nc1ccc(OC)cc1. The number of hydrogen-bond acceptors (Lipinski definition) is 6. The number of ether oxygens (including phenoxy) is 1. The second-order valence-electron chi connectivity index (χ2n) is 8.12. The van der Waals surface area contributed by atoms with Crippen LogP contribution in [0.1, 0.15) is 39.2 Å². The van der Waals surface area contributed by atoms with E-state index in [1.165, 1.54) is 11.8 Å². The second-order valence-corrected chi connectivity index (χ2v) is 9.29. The quantitative estimate of drug-likeness (QED) is 0.633. The smallest absolute Gasteiger partial charge is 0.271 e. The van der Waals surface area contributed by atoms with Crippen LogP contribution in [0.2, 0.25) is 0 Å². The first-order valence-corrected chi connectivity index (χ1v) is 12.1. The molecule has 2 aromatic carbocycles. The first-order chi connectivity index (χ1) is 16.0. The Hall–Kier alpha value is -3.13. The average Bonchev–Trinajstić information content (AvgIpc) is 3.19. The molecule has 7 nitrogen and oxygen atoms in total. The maximum atomic E-state index is 13.1. The number of aliphatic imine (C=N–C) groups is 2. The molecule has 2 aliphatic rings. The lowest BCUT2D eigenvalue weighted by Crippen LogP contribution is -2.47. The van der Waals surface area contributed by atoms with Crippen LogP contribution >= 0.6 is 11.8 Å². The van der Waals surface area contributed by atoms with Gasteiger partial charge in [-0.2, -0.15) is 4.99 Å². The maximum absolute atomic E-state index is 13.1. The van der Waals surface area contributed by atoms with Crippen molar-refractivity contribution in [3.63, 3.8) is 0 Å². The van der Waals surface area contributed by atoms with Crippen molar-refractivity contribution in [1.82, 2.24) is 4.90 Å². The summed E-state index contributed by atoms with van der Waals surface area (Å²) in [6, 6.07) is 14.5. The normalized spacial score (nSPS) is 18.6. The van der Waals surface area contributed by atoms with Gasteiger partial charge in [-0.3, -0.25) is 14.5 Å². The molecule has 2 aliphatic heterocycles. The fraction of sp³-hybridized carbons (Fsp3) is 0.360. The van der Waals surface area contributed by atoms with E-state index >= 15 is 0 Å². The third-order valence-corrected chi connectivity index (χ3v) is 7.32. The van der Waals surface area contributed by atoms with E-state index in [-0.39, 0.29) is 23.0 Å². The number of benzene rings is 2. The number of carbonyl (C=O) groups excluding carboxylic acids is 2. The van der Waals surface area contributed by atoms with Gasteiger partial charge in [0.2, 0.25) is 5.91 Å². The Morgan fingerprint density at radius 2 is 1.85 bits per heavy atom. The number of fused-ring (bicyclic) bond motifs is 3. The van der Waals surface area contributed by atoms with Gasteiger partial charge >= 0.3 is 0 Å². The van der Waals surface area contributed by atoms with E-state index in [4.69, 9.17) is 9.73 Å². The van der Waals surface area contributed by atoms with Crippen molar-refractivity contribution in [2.24, 2.45) is 15.9 Å². The van der Waals surface area contributed by atoms with Gasteiger partial charge in [-0.25, -0.2) is 4.99 Å². The highest BCUT2D eigenvalue weighted by atomic mass is 32.2. The highest BCUT2D eigenvalue weighted by Gasteiger charge is 2.44. The van der Waals surface area contributed by atoms with Crippen LogP contribution in [0.25, 0.3) is 0 Å². The molecular formula is C25H28N4O3S. The van der Waals surface area contributed by atoms with E-state index in [2.05, 4.69) is 24.2 Å². The zero-order chi connectivity index (χ0) is 23.5. The number of amides is 2. The van der Waals surface area contributed by atoms with Gasteiger partial charge in [0, 0.05) is 11.3 Å². The predicted octanol–water partition coefficient (Wildman–Crippen LogP) is 4.85. The average molecular weight is 465 g/mol. The van der Waals surface area contributed by atoms with Crippen LogP contribution in [0.3, 0.4) is 0 Å². The van der Waals surface area contributed by atoms with Crippen LogP contribution in [-0.2, 0) is 9.59 Å². The van der Waals surface area contributed by atoms with E-state index in [0.29, 0.717) is 23.1 Å². The Balaban J connectivity index is 1.62. The highest BCUT2D eigenvalue weighted by Crippen LogP contribution is 2.38. The number of amidine groups is 2. The van der Waals surface area contributed by atoms with E-state index in [9.17, 15) is 9.59 Å². The van der Waals surface area contributed by atoms with Gasteiger partial charge < -0.3 is 10.1 Å². The fourth-order valence-corrected chi connectivity index (χ4v) is 4.99. The summed E-state index contributed by atoms with van der Waals surface area (Å²) in [6.45, 7) is 6.09. The molecule has 33 heavy (non-hydrogen) atoms. The van der Waals surface area contributed by atoms with Gasteiger partial charge in [-0.05, 0) is 48.7 Å². The zero-order valence-electron chi connectivity index (χ0n) is 19.2. The minimum Gasteiger partial charge on any atom is -0.497 e. The van der Waals surface area contributed by atoms with Crippen LogP contribution < -0.4 is 10.1 Å². The summed E-state index contributed by atoms with van der Waals surface area (Å²) in [6.07, 6.45) is 1.44. The number of nitrogens with zero attached hydrogens (tertiary/aromatic N) is 3. The third-order valence-electron chi connectivity index (χ3n) is 5.99. The number of rotatable bonds is 7. The minimum absolute atomic E-state index is 0.100. The first kappa shape index (κ1) is 23.0. The molecule has 4 rings (SSSR count). The van der Waals surface area contributed by atoms with Gasteiger partial charge in [-0.1, -0.05) is 51.1 Å². The highest BCUT2D eigenvalue weighted by molar-refractivity contribution is 8.15. The maximum Gasteiger partial charge on any atom is 0.271 e. The number of hydrogen-bond donors (Lipinski definition) is 1. The minimum atomic E-state index is -0.410. The molecule has 2 heterocycles. The topological polar surface area (TPSA) is 83.4 Å². The van der Waals surface area contributed by atoms with Crippen molar-refractivity contribution < 1.29 is 14.3 Å². The fourth-order valence-electron chi connectivity index (χ4n) is 3.93. The van der Waals surface area contributed by atoms with E-state index in [0.717, 1.165) is 23.4 Å². The van der Waals surface area contributed by atoms with Gasteiger partial charge in [-0.15, -0.1) is 0 Å². The summed E-state index contributed by atoms with van der Waals surface area (Å²) in [5.41, 5.74) is 2.31.